The topological polar surface area (TPSA) is 56.3 Å². The highest BCUT2D eigenvalue weighted by atomic mass is 16.5. The molecule has 0 bridgehead atoms. The first-order chi connectivity index (χ1) is 12.7. The highest BCUT2D eigenvalue weighted by molar-refractivity contribution is 5.56. The van der Waals surface area contributed by atoms with Crippen LogP contribution in [0.3, 0.4) is 0 Å². The Bertz CT molecular complexity index is 884. The number of nitrogens with zero attached hydrogens (tertiary/aromatic N) is 4. The van der Waals surface area contributed by atoms with E-state index >= 15 is 0 Å². The summed E-state index contributed by atoms with van der Waals surface area (Å²) < 4.78 is 13.0. The van der Waals surface area contributed by atoms with Crippen molar-refractivity contribution in [2.45, 2.75) is 32.9 Å². The Morgan fingerprint density at radius 3 is 2.96 bits per heavy atom. The number of aromatic nitrogens is 3. The van der Waals surface area contributed by atoms with Gasteiger partial charge < -0.3 is 9.26 Å². The van der Waals surface area contributed by atoms with E-state index in [4.69, 9.17) is 9.26 Å². The van der Waals surface area contributed by atoms with Crippen LogP contribution in [0.15, 0.2) is 41.2 Å². The van der Waals surface area contributed by atoms with E-state index in [1.54, 1.807) is 10.9 Å². The van der Waals surface area contributed by atoms with Crippen molar-refractivity contribution in [2.75, 3.05) is 13.2 Å². The van der Waals surface area contributed by atoms with Crippen molar-refractivity contribution in [1.29, 1.82) is 0 Å². The molecule has 0 saturated heterocycles. The molecule has 3 aromatic rings. The molecule has 4 rings (SSSR count). The van der Waals surface area contributed by atoms with Crippen LogP contribution < -0.4 is 4.74 Å². The minimum atomic E-state index is 0.765. The SMILES string of the molecule is CCCOc1ccc2c(c1)CCN(Cc1cc(-c3cnn(C)c3)no1)C2. The highest BCUT2D eigenvalue weighted by Gasteiger charge is 2.19. The zero-order chi connectivity index (χ0) is 17.9. The van der Waals surface area contributed by atoms with E-state index in [2.05, 4.69) is 40.3 Å². The summed E-state index contributed by atoms with van der Waals surface area (Å²) >= 11 is 0. The van der Waals surface area contributed by atoms with E-state index in [0.29, 0.717) is 0 Å². The van der Waals surface area contributed by atoms with Gasteiger partial charge in [0.05, 0.1) is 19.3 Å². The molecule has 0 amide bonds. The molecule has 1 aromatic carbocycles. The van der Waals surface area contributed by atoms with Crippen molar-refractivity contribution in [3.05, 3.63) is 53.5 Å². The van der Waals surface area contributed by atoms with Crippen molar-refractivity contribution in [1.82, 2.24) is 19.8 Å². The van der Waals surface area contributed by atoms with E-state index < -0.39 is 0 Å². The lowest BCUT2D eigenvalue weighted by atomic mass is 9.99. The lowest BCUT2D eigenvalue weighted by molar-refractivity contribution is 0.214. The van der Waals surface area contributed by atoms with Crippen molar-refractivity contribution in [3.63, 3.8) is 0 Å². The zero-order valence-electron chi connectivity index (χ0n) is 15.3. The maximum Gasteiger partial charge on any atom is 0.151 e. The smallest absolute Gasteiger partial charge is 0.151 e. The molecule has 0 spiro atoms. The Morgan fingerprint density at radius 2 is 2.15 bits per heavy atom. The number of hydrogen-bond acceptors (Lipinski definition) is 5. The van der Waals surface area contributed by atoms with E-state index in [9.17, 15) is 0 Å². The van der Waals surface area contributed by atoms with Crippen LogP contribution in [0.4, 0.5) is 0 Å². The summed E-state index contributed by atoms with van der Waals surface area (Å²) in [6, 6.07) is 8.46. The summed E-state index contributed by atoms with van der Waals surface area (Å²) in [6.45, 7) is 5.59. The van der Waals surface area contributed by atoms with Crippen LogP contribution >= 0.6 is 0 Å². The summed E-state index contributed by atoms with van der Waals surface area (Å²) in [7, 11) is 1.90. The van der Waals surface area contributed by atoms with Gasteiger partial charge in [0.15, 0.2) is 5.76 Å². The molecule has 1 aliphatic rings. The molecule has 2 aromatic heterocycles. The zero-order valence-corrected chi connectivity index (χ0v) is 15.3. The van der Waals surface area contributed by atoms with Gasteiger partial charge in [-0.25, -0.2) is 0 Å². The molecule has 6 heteroatoms. The molecular formula is C20H24N4O2. The molecule has 0 fully saturated rings. The van der Waals surface area contributed by atoms with Gasteiger partial charge in [0.2, 0.25) is 0 Å². The fraction of sp³-hybridized carbons (Fsp3) is 0.400. The second-order valence-electron chi connectivity index (χ2n) is 6.82. The van der Waals surface area contributed by atoms with Crippen LogP contribution in [-0.4, -0.2) is 33.0 Å². The summed E-state index contributed by atoms with van der Waals surface area (Å²) in [5.41, 5.74) is 4.57. The number of hydrogen-bond donors (Lipinski definition) is 0. The Morgan fingerprint density at radius 1 is 1.23 bits per heavy atom. The van der Waals surface area contributed by atoms with Crippen LogP contribution in [0, 0.1) is 0 Å². The Hall–Kier alpha value is -2.60. The first-order valence-corrected chi connectivity index (χ1v) is 9.13. The predicted octanol–water partition coefficient (Wildman–Crippen LogP) is 3.42. The number of benzene rings is 1. The lowest BCUT2D eigenvalue weighted by Gasteiger charge is -2.28. The quantitative estimate of drug-likeness (QED) is 0.680. The molecule has 0 atom stereocenters. The molecule has 0 N–H and O–H groups in total. The van der Waals surface area contributed by atoms with Crippen LogP contribution in [0.25, 0.3) is 11.3 Å². The van der Waals surface area contributed by atoms with E-state index in [1.807, 2.05) is 19.3 Å². The fourth-order valence-electron chi connectivity index (χ4n) is 3.33. The van der Waals surface area contributed by atoms with Gasteiger partial charge in [-0.3, -0.25) is 9.58 Å². The average molecular weight is 352 g/mol. The first-order valence-electron chi connectivity index (χ1n) is 9.13. The largest absolute Gasteiger partial charge is 0.494 e. The Balaban J connectivity index is 1.41. The number of ether oxygens (including phenoxy) is 1. The molecule has 0 radical (unpaired) electrons. The number of aryl methyl sites for hydroxylation is 1. The second-order valence-corrected chi connectivity index (χ2v) is 6.82. The monoisotopic (exact) mass is 352 g/mol. The van der Waals surface area contributed by atoms with Gasteiger partial charge in [0.1, 0.15) is 11.4 Å². The second kappa shape index (κ2) is 7.33. The Kier molecular flexibility index (Phi) is 4.75. The third-order valence-electron chi connectivity index (χ3n) is 4.68. The third kappa shape index (κ3) is 3.65. The third-order valence-corrected chi connectivity index (χ3v) is 4.68. The van der Waals surface area contributed by atoms with Gasteiger partial charge in [0.25, 0.3) is 0 Å². The lowest BCUT2D eigenvalue weighted by Crippen LogP contribution is -2.29. The number of fused-ring (bicyclic) bond motifs is 1. The van der Waals surface area contributed by atoms with Crippen molar-refractivity contribution in [2.24, 2.45) is 7.05 Å². The molecule has 0 aliphatic carbocycles. The molecule has 136 valence electrons. The maximum atomic E-state index is 5.75. The summed E-state index contributed by atoms with van der Waals surface area (Å²) in [5.74, 6) is 1.87. The van der Waals surface area contributed by atoms with Gasteiger partial charge in [-0.05, 0) is 36.1 Å². The van der Waals surface area contributed by atoms with Crippen LogP contribution in [0.5, 0.6) is 5.75 Å². The molecule has 6 nitrogen and oxygen atoms in total. The van der Waals surface area contributed by atoms with Gasteiger partial charge >= 0.3 is 0 Å². The molecule has 0 saturated carbocycles. The van der Waals surface area contributed by atoms with Crippen LogP contribution in [-0.2, 0) is 26.6 Å². The summed E-state index contributed by atoms with van der Waals surface area (Å²) in [4.78, 5) is 2.39. The van der Waals surface area contributed by atoms with Gasteiger partial charge in [-0.15, -0.1) is 0 Å². The average Bonchev–Trinajstić information content (AvgIpc) is 3.29. The summed E-state index contributed by atoms with van der Waals surface area (Å²) in [5, 5.41) is 8.36. The highest BCUT2D eigenvalue weighted by Crippen LogP contribution is 2.26. The summed E-state index contributed by atoms with van der Waals surface area (Å²) in [6.07, 6.45) is 5.80. The van der Waals surface area contributed by atoms with E-state index in [0.717, 1.165) is 61.8 Å². The van der Waals surface area contributed by atoms with Crippen molar-refractivity contribution >= 4 is 0 Å². The van der Waals surface area contributed by atoms with E-state index in [1.165, 1.54) is 11.1 Å². The minimum absolute atomic E-state index is 0.765. The van der Waals surface area contributed by atoms with Crippen molar-refractivity contribution in [3.8, 4) is 17.0 Å². The molecule has 26 heavy (non-hydrogen) atoms. The van der Waals surface area contributed by atoms with Gasteiger partial charge in [-0.1, -0.05) is 18.1 Å². The van der Waals surface area contributed by atoms with E-state index in [-0.39, 0.29) is 0 Å². The molecule has 0 unspecified atom stereocenters. The molecule has 3 heterocycles. The Labute approximate surface area is 153 Å². The standard InChI is InChI=1S/C20H24N4O2/c1-3-8-25-18-5-4-16-13-24(7-6-15(16)9-18)14-19-10-20(22-26-19)17-11-21-23(2)12-17/h4-5,9-12H,3,6-8,13-14H2,1-2H3. The maximum absolute atomic E-state index is 5.75. The molecule has 1 aliphatic heterocycles. The van der Waals surface area contributed by atoms with Crippen LogP contribution in [0.1, 0.15) is 30.2 Å². The van der Waals surface area contributed by atoms with Crippen LogP contribution in [0.2, 0.25) is 0 Å². The fourth-order valence-corrected chi connectivity index (χ4v) is 3.33. The molecular weight excluding hydrogens is 328 g/mol. The predicted molar refractivity (Wildman–Crippen MR) is 98.8 cm³/mol. The minimum Gasteiger partial charge on any atom is -0.494 e. The van der Waals surface area contributed by atoms with Gasteiger partial charge in [0, 0.05) is 38.0 Å². The number of rotatable bonds is 6. The normalized spacial score (nSPS) is 14.4. The first kappa shape index (κ1) is 16.8. The van der Waals surface area contributed by atoms with Crippen molar-refractivity contribution < 1.29 is 9.26 Å². The van der Waals surface area contributed by atoms with Gasteiger partial charge in [-0.2, -0.15) is 5.10 Å².